The predicted molar refractivity (Wildman–Crippen MR) is 113 cm³/mol. The van der Waals surface area contributed by atoms with Gasteiger partial charge in [-0.15, -0.1) is 24.0 Å². The fourth-order valence-electron chi connectivity index (χ4n) is 3.62. The van der Waals surface area contributed by atoms with E-state index in [0.717, 1.165) is 25.0 Å². The molecule has 24 heavy (non-hydrogen) atoms. The van der Waals surface area contributed by atoms with Gasteiger partial charge in [0, 0.05) is 6.54 Å². The maximum atomic E-state index is 4.77. The monoisotopic (exact) mass is 441 g/mol. The van der Waals surface area contributed by atoms with Crippen LogP contribution in [0.3, 0.4) is 0 Å². The summed E-state index contributed by atoms with van der Waals surface area (Å²) in [7, 11) is 0. The first-order valence-corrected chi connectivity index (χ1v) is 9.02. The molecule has 3 nitrogen and oxygen atoms in total. The lowest BCUT2D eigenvalue weighted by Gasteiger charge is -2.36. The normalized spacial score (nSPS) is 24.7. The number of halogens is 1. The average Bonchev–Trinajstić information content (AvgIpc) is 2.89. The van der Waals surface area contributed by atoms with Crippen molar-refractivity contribution in [3.05, 3.63) is 35.4 Å². The minimum Gasteiger partial charge on any atom is -0.350 e. The molecular weight excluding hydrogens is 409 g/mol. The maximum Gasteiger partial charge on any atom is 0.194 e. The number of piperidine rings is 1. The topological polar surface area (TPSA) is 27.6 Å². The van der Waals surface area contributed by atoms with Crippen molar-refractivity contribution in [1.82, 2.24) is 10.2 Å². The number of hydrogen-bond acceptors (Lipinski definition) is 3. The Kier molecular flexibility index (Phi) is 6.21. The lowest BCUT2D eigenvalue weighted by atomic mass is 9.86. The van der Waals surface area contributed by atoms with E-state index in [9.17, 15) is 0 Å². The largest absolute Gasteiger partial charge is 0.350 e. The summed E-state index contributed by atoms with van der Waals surface area (Å²) in [6.45, 7) is 13.5. The lowest BCUT2D eigenvalue weighted by Crippen LogP contribution is -2.48. The van der Waals surface area contributed by atoms with E-state index in [4.69, 9.17) is 4.99 Å². The number of rotatable bonds is 2. The van der Waals surface area contributed by atoms with Crippen LogP contribution >= 0.6 is 24.0 Å². The van der Waals surface area contributed by atoms with Crippen molar-refractivity contribution >= 4 is 29.9 Å². The van der Waals surface area contributed by atoms with Gasteiger partial charge in [-0.1, -0.05) is 52.0 Å². The molecule has 0 radical (unpaired) electrons. The molecule has 0 spiro atoms. The third kappa shape index (κ3) is 4.24. The summed E-state index contributed by atoms with van der Waals surface area (Å²) < 4.78 is 0. The molecule has 0 bridgehead atoms. The van der Waals surface area contributed by atoms with Crippen LogP contribution in [-0.4, -0.2) is 30.0 Å². The van der Waals surface area contributed by atoms with Crippen molar-refractivity contribution in [1.29, 1.82) is 0 Å². The van der Waals surface area contributed by atoms with Gasteiger partial charge in [-0.2, -0.15) is 0 Å². The SMILES string of the molecule is CC1CCC2CN=C(NC(C)c3ccc(C(C)(C)C)cc3)N2C1.I. The molecule has 2 aliphatic rings. The molecule has 3 rings (SSSR count). The van der Waals surface area contributed by atoms with Crippen molar-refractivity contribution in [3.8, 4) is 0 Å². The Bertz CT molecular complexity index is 574. The zero-order valence-electron chi connectivity index (χ0n) is 15.7. The summed E-state index contributed by atoms with van der Waals surface area (Å²) in [6, 6.07) is 9.95. The Morgan fingerprint density at radius 2 is 1.83 bits per heavy atom. The highest BCUT2D eigenvalue weighted by Gasteiger charge is 2.33. The second kappa shape index (κ2) is 7.63. The number of nitrogens with one attached hydrogen (secondary N) is 1. The molecule has 0 saturated carbocycles. The van der Waals surface area contributed by atoms with E-state index in [1.54, 1.807) is 0 Å². The maximum absolute atomic E-state index is 4.77. The molecule has 1 saturated heterocycles. The average molecular weight is 441 g/mol. The van der Waals surface area contributed by atoms with E-state index >= 15 is 0 Å². The molecule has 0 aliphatic carbocycles. The second-order valence-electron chi connectivity index (χ2n) is 8.39. The summed E-state index contributed by atoms with van der Waals surface area (Å²) in [4.78, 5) is 7.26. The van der Waals surface area contributed by atoms with Gasteiger partial charge in [0.2, 0.25) is 0 Å². The van der Waals surface area contributed by atoms with Gasteiger partial charge in [-0.05, 0) is 42.2 Å². The Morgan fingerprint density at radius 3 is 2.46 bits per heavy atom. The van der Waals surface area contributed by atoms with E-state index in [1.165, 1.54) is 24.0 Å². The number of aliphatic imine (C=N–C) groups is 1. The molecule has 4 heteroatoms. The van der Waals surface area contributed by atoms with Gasteiger partial charge in [0.15, 0.2) is 5.96 Å². The molecule has 1 N–H and O–H groups in total. The highest BCUT2D eigenvalue weighted by atomic mass is 127. The van der Waals surface area contributed by atoms with Crippen LogP contribution in [0.2, 0.25) is 0 Å². The molecule has 1 aromatic carbocycles. The first kappa shape index (κ1) is 19.5. The molecule has 3 atom stereocenters. The standard InChI is InChI=1S/C20H31N3.HI/c1-14-6-11-18-12-21-19(23(18)13-14)22-15(2)16-7-9-17(10-8-16)20(3,4)5;/h7-10,14-15,18H,6,11-13H2,1-5H3,(H,21,22);1H. The molecule has 1 fully saturated rings. The van der Waals surface area contributed by atoms with Gasteiger partial charge in [0.1, 0.15) is 0 Å². The molecule has 2 heterocycles. The molecule has 0 amide bonds. The predicted octanol–water partition coefficient (Wildman–Crippen LogP) is 4.72. The van der Waals surface area contributed by atoms with Gasteiger partial charge in [0.25, 0.3) is 0 Å². The summed E-state index contributed by atoms with van der Waals surface area (Å²) in [6.07, 6.45) is 2.62. The Balaban J connectivity index is 0.00000208. The van der Waals surface area contributed by atoms with E-state index in [1.807, 2.05) is 0 Å². The molecular formula is C20H32IN3. The Hall–Kier alpha value is -0.780. The second-order valence-corrected chi connectivity index (χ2v) is 8.39. The van der Waals surface area contributed by atoms with Crippen molar-refractivity contribution in [2.45, 2.75) is 65.0 Å². The van der Waals surface area contributed by atoms with Crippen LogP contribution in [-0.2, 0) is 5.41 Å². The zero-order chi connectivity index (χ0) is 16.6. The van der Waals surface area contributed by atoms with E-state index in [-0.39, 0.29) is 29.4 Å². The van der Waals surface area contributed by atoms with Gasteiger partial charge in [-0.3, -0.25) is 4.99 Å². The number of hydrogen-bond donors (Lipinski definition) is 1. The van der Waals surface area contributed by atoms with Crippen LogP contribution in [0, 0.1) is 5.92 Å². The van der Waals surface area contributed by atoms with Gasteiger partial charge < -0.3 is 10.2 Å². The van der Waals surface area contributed by atoms with Crippen LogP contribution in [0.25, 0.3) is 0 Å². The minimum atomic E-state index is 0. The van der Waals surface area contributed by atoms with Gasteiger partial charge >= 0.3 is 0 Å². The van der Waals surface area contributed by atoms with Gasteiger partial charge in [0.05, 0.1) is 18.6 Å². The number of fused-ring (bicyclic) bond motifs is 1. The highest BCUT2D eigenvalue weighted by molar-refractivity contribution is 14.0. The van der Waals surface area contributed by atoms with Crippen LogP contribution in [0.1, 0.15) is 64.6 Å². The first-order valence-electron chi connectivity index (χ1n) is 9.02. The molecule has 2 aliphatic heterocycles. The fourth-order valence-corrected chi connectivity index (χ4v) is 3.62. The fraction of sp³-hybridized carbons (Fsp3) is 0.650. The van der Waals surface area contributed by atoms with Gasteiger partial charge in [-0.25, -0.2) is 0 Å². The van der Waals surface area contributed by atoms with Crippen molar-refractivity contribution < 1.29 is 0 Å². The summed E-state index contributed by atoms with van der Waals surface area (Å²) in [5.74, 6) is 1.88. The van der Waals surface area contributed by atoms with E-state index in [0.29, 0.717) is 12.1 Å². The molecule has 134 valence electrons. The molecule has 0 aromatic heterocycles. The van der Waals surface area contributed by atoms with Crippen LogP contribution in [0.5, 0.6) is 0 Å². The third-order valence-electron chi connectivity index (χ3n) is 5.29. The van der Waals surface area contributed by atoms with E-state index < -0.39 is 0 Å². The zero-order valence-corrected chi connectivity index (χ0v) is 18.0. The molecule has 1 aromatic rings. The lowest BCUT2D eigenvalue weighted by molar-refractivity contribution is 0.210. The van der Waals surface area contributed by atoms with Crippen LogP contribution in [0.15, 0.2) is 29.3 Å². The molecule has 3 unspecified atom stereocenters. The Labute approximate surface area is 164 Å². The third-order valence-corrected chi connectivity index (χ3v) is 5.29. The quantitative estimate of drug-likeness (QED) is 0.673. The Morgan fingerprint density at radius 1 is 1.17 bits per heavy atom. The van der Waals surface area contributed by atoms with Crippen molar-refractivity contribution in [3.63, 3.8) is 0 Å². The number of guanidine groups is 1. The van der Waals surface area contributed by atoms with E-state index in [2.05, 4.69) is 69.1 Å². The smallest absolute Gasteiger partial charge is 0.194 e. The summed E-state index contributed by atoms with van der Waals surface area (Å²) in [5, 5.41) is 3.65. The number of benzene rings is 1. The van der Waals surface area contributed by atoms with Crippen molar-refractivity contribution in [2.75, 3.05) is 13.1 Å². The summed E-state index contributed by atoms with van der Waals surface area (Å²) in [5.41, 5.74) is 2.92. The highest BCUT2D eigenvalue weighted by Crippen LogP contribution is 2.27. The summed E-state index contributed by atoms with van der Waals surface area (Å²) >= 11 is 0. The number of nitrogens with zero attached hydrogens (tertiary/aromatic N) is 2. The van der Waals surface area contributed by atoms with Crippen LogP contribution < -0.4 is 5.32 Å². The van der Waals surface area contributed by atoms with Crippen LogP contribution in [0.4, 0.5) is 0 Å². The first-order chi connectivity index (χ1) is 10.8. The minimum absolute atomic E-state index is 0. The van der Waals surface area contributed by atoms with Crippen molar-refractivity contribution in [2.24, 2.45) is 10.9 Å².